The van der Waals surface area contributed by atoms with Gasteiger partial charge >= 0.3 is 0 Å². The number of anilines is 1. The van der Waals surface area contributed by atoms with Crippen molar-refractivity contribution in [3.8, 4) is 0 Å². The number of hydrogen-bond donors (Lipinski definition) is 2. The predicted molar refractivity (Wildman–Crippen MR) is 78.3 cm³/mol. The Hall–Kier alpha value is -1.13. The van der Waals surface area contributed by atoms with Crippen molar-refractivity contribution in [1.82, 2.24) is 5.32 Å². The standard InChI is InChI=1S/C16H23FN2O/c1-16(20)8-3-9-19(11-16)15-12(4-2-5-14(15)17)10-18-13-6-7-13/h2,4-5,13,18,20H,3,6-11H2,1H3. The van der Waals surface area contributed by atoms with Gasteiger partial charge in [0.2, 0.25) is 0 Å². The molecule has 1 aliphatic heterocycles. The summed E-state index contributed by atoms with van der Waals surface area (Å²) in [4.78, 5) is 2.00. The molecule has 3 rings (SSSR count). The number of aliphatic hydroxyl groups is 1. The third-order valence-electron chi connectivity index (χ3n) is 4.22. The molecule has 3 nitrogen and oxygen atoms in total. The Kier molecular flexibility index (Phi) is 3.69. The average Bonchev–Trinajstić information content (AvgIpc) is 3.19. The molecule has 1 saturated heterocycles. The van der Waals surface area contributed by atoms with Gasteiger partial charge in [-0.2, -0.15) is 0 Å². The van der Waals surface area contributed by atoms with Gasteiger partial charge in [0.05, 0.1) is 11.3 Å². The molecule has 2 aliphatic rings. The molecular formula is C16H23FN2O. The SMILES string of the molecule is CC1(O)CCCN(c2c(F)cccc2CNC2CC2)C1. The van der Waals surface area contributed by atoms with E-state index in [4.69, 9.17) is 0 Å². The number of nitrogens with one attached hydrogen (secondary N) is 1. The van der Waals surface area contributed by atoms with Crippen LogP contribution >= 0.6 is 0 Å². The van der Waals surface area contributed by atoms with Crippen LogP contribution in [0.25, 0.3) is 0 Å². The summed E-state index contributed by atoms with van der Waals surface area (Å²) in [5, 5.41) is 13.7. The summed E-state index contributed by atoms with van der Waals surface area (Å²) in [6.07, 6.45) is 4.14. The fourth-order valence-electron chi connectivity index (χ4n) is 3.01. The Labute approximate surface area is 119 Å². The van der Waals surface area contributed by atoms with Crippen molar-refractivity contribution < 1.29 is 9.50 Å². The molecule has 1 aromatic rings. The summed E-state index contributed by atoms with van der Waals surface area (Å²) in [5.41, 5.74) is 0.942. The molecule has 0 aromatic heterocycles. The van der Waals surface area contributed by atoms with E-state index in [1.807, 2.05) is 17.9 Å². The topological polar surface area (TPSA) is 35.5 Å². The zero-order chi connectivity index (χ0) is 14.2. The van der Waals surface area contributed by atoms with Crippen LogP contribution in [0.4, 0.5) is 10.1 Å². The number of para-hydroxylation sites is 1. The second-order valence-corrected chi connectivity index (χ2v) is 6.42. The molecule has 4 heteroatoms. The van der Waals surface area contributed by atoms with Crippen molar-refractivity contribution in [2.45, 2.75) is 50.8 Å². The van der Waals surface area contributed by atoms with Crippen LogP contribution < -0.4 is 10.2 Å². The molecule has 0 amide bonds. The normalized spacial score (nSPS) is 26.9. The van der Waals surface area contributed by atoms with E-state index in [0.717, 1.165) is 24.9 Å². The highest BCUT2D eigenvalue weighted by atomic mass is 19.1. The van der Waals surface area contributed by atoms with Crippen molar-refractivity contribution in [3.63, 3.8) is 0 Å². The highest BCUT2D eigenvalue weighted by molar-refractivity contribution is 5.55. The number of β-amino-alcohol motifs (C(OH)–C–C–N with tert-alkyl or cyclic N) is 1. The molecular weight excluding hydrogens is 255 g/mol. The van der Waals surface area contributed by atoms with Crippen molar-refractivity contribution in [3.05, 3.63) is 29.6 Å². The van der Waals surface area contributed by atoms with Crippen molar-refractivity contribution in [1.29, 1.82) is 0 Å². The summed E-state index contributed by atoms with van der Waals surface area (Å²) >= 11 is 0. The lowest BCUT2D eigenvalue weighted by atomic mass is 9.94. The molecule has 0 spiro atoms. The van der Waals surface area contributed by atoms with Gasteiger partial charge in [-0.15, -0.1) is 0 Å². The minimum Gasteiger partial charge on any atom is -0.388 e. The molecule has 1 unspecified atom stereocenters. The molecule has 0 bridgehead atoms. The third-order valence-corrected chi connectivity index (χ3v) is 4.22. The van der Waals surface area contributed by atoms with E-state index in [0.29, 0.717) is 24.8 Å². The number of halogens is 1. The van der Waals surface area contributed by atoms with E-state index in [1.54, 1.807) is 6.07 Å². The molecule has 1 aliphatic carbocycles. The Morgan fingerprint density at radius 3 is 2.95 bits per heavy atom. The molecule has 2 N–H and O–H groups in total. The van der Waals surface area contributed by atoms with Crippen LogP contribution in [0.3, 0.4) is 0 Å². The second-order valence-electron chi connectivity index (χ2n) is 6.42. The van der Waals surface area contributed by atoms with Gasteiger partial charge in [0, 0.05) is 25.7 Å². The molecule has 20 heavy (non-hydrogen) atoms. The van der Waals surface area contributed by atoms with Gasteiger partial charge in [0.15, 0.2) is 0 Å². The van der Waals surface area contributed by atoms with Crippen molar-refractivity contribution in [2.24, 2.45) is 0 Å². The Bertz CT molecular complexity index is 485. The minimum atomic E-state index is -0.721. The van der Waals surface area contributed by atoms with E-state index < -0.39 is 5.60 Å². The van der Waals surface area contributed by atoms with Gasteiger partial charge in [0.1, 0.15) is 5.82 Å². The van der Waals surface area contributed by atoms with E-state index in [9.17, 15) is 9.50 Å². The van der Waals surface area contributed by atoms with Gasteiger partial charge in [0.25, 0.3) is 0 Å². The second kappa shape index (κ2) is 5.34. The summed E-state index contributed by atoms with van der Waals surface area (Å²) in [5.74, 6) is -0.183. The van der Waals surface area contributed by atoms with Crippen LogP contribution in [0.1, 0.15) is 38.2 Å². The predicted octanol–water partition coefficient (Wildman–Crippen LogP) is 2.43. The summed E-state index contributed by atoms with van der Waals surface area (Å²) in [7, 11) is 0. The van der Waals surface area contributed by atoms with Gasteiger partial charge in [-0.1, -0.05) is 12.1 Å². The Balaban J connectivity index is 1.82. The molecule has 1 heterocycles. The van der Waals surface area contributed by atoms with Crippen LogP contribution in [0.5, 0.6) is 0 Å². The first-order chi connectivity index (χ1) is 9.55. The van der Waals surface area contributed by atoms with Crippen molar-refractivity contribution in [2.75, 3.05) is 18.0 Å². The molecule has 110 valence electrons. The van der Waals surface area contributed by atoms with Gasteiger partial charge in [-0.3, -0.25) is 0 Å². The van der Waals surface area contributed by atoms with E-state index in [2.05, 4.69) is 5.32 Å². The van der Waals surface area contributed by atoms with Crippen LogP contribution in [0.15, 0.2) is 18.2 Å². The fraction of sp³-hybridized carbons (Fsp3) is 0.625. The summed E-state index contributed by atoms with van der Waals surface area (Å²) < 4.78 is 14.3. The first-order valence-electron chi connectivity index (χ1n) is 7.53. The van der Waals surface area contributed by atoms with E-state index in [1.165, 1.54) is 18.9 Å². The molecule has 1 saturated carbocycles. The number of nitrogens with zero attached hydrogens (tertiary/aromatic N) is 1. The Morgan fingerprint density at radius 2 is 2.25 bits per heavy atom. The third kappa shape index (κ3) is 3.13. The summed E-state index contributed by atoms with van der Waals surface area (Å²) in [6.45, 7) is 3.86. The smallest absolute Gasteiger partial charge is 0.146 e. The zero-order valence-electron chi connectivity index (χ0n) is 12.0. The quantitative estimate of drug-likeness (QED) is 0.888. The van der Waals surface area contributed by atoms with E-state index >= 15 is 0 Å². The monoisotopic (exact) mass is 278 g/mol. The van der Waals surface area contributed by atoms with Crippen LogP contribution in [0.2, 0.25) is 0 Å². The number of hydrogen-bond acceptors (Lipinski definition) is 3. The zero-order valence-corrected chi connectivity index (χ0v) is 12.0. The maximum absolute atomic E-state index is 14.3. The van der Waals surface area contributed by atoms with Crippen molar-refractivity contribution >= 4 is 5.69 Å². The molecule has 0 radical (unpaired) electrons. The van der Waals surface area contributed by atoms with E-state index in [-0.39, 0.29) is 5.82 Å². The minimum absolute atomic E-state index is 0.183. The lowest BCUT2D eigenvalue weighted by molar-refractivity contribution is 0.0447. The van der Waals surface area contributed by atoms with Gasteiger partial charge in [-0.25, -0.2) is 4.39 Å². The number of rotatable bonds is 4. The molecule has 1 aromatic carbocycles. The number of benzene rings is 1. The van der Waals surface area contributed by atoms with Gasteiger partial charge in [-0.05, 0) is 44.2 Å². The van der Waals surface area contributed by atoms with Crippen LogP contribution in [-0.2, 0) is 6.54 Å². The fourth-order valence-corrected chi connectivity index (χ4v) is 3.01. The Morgan fingerprint density at radius 1 is 1.45 bits per heavy atom. The number of piperidine rings is 1. The van der Waals surface area contributed by atoms with Crippen LogP contribution in [0, 0.1) is 5.82 Å². The first kappa shape index (κ1) is 13.8. The lowest BCUT2D eigenvalue weighted by Gasteiger charge is -2.39. The lowest BCUT2D eigenvalue weighted by Crippen LogP contribution is -2.46. The largest absolute Gasteiger partial charge is 0.388 e. The summed E-state index contributed by atoms with van der Waals surface area (Å²) in [6, 6.07) is 5.87. The van der Waals surface area contributed by atoms with Crippen LogP contribution in [-0.4, -0.2) is 29.8 Å². The average molecular weight is 278 g/mol. The first-order valence-corrected chi connectivity index (χ1v) is 7.53. The molecule has 1 atom stereocenters. The maximum atomic E-state index is 14.3. The molecule has 2 fully saturated rings. The highest BCUT2D eigenvalue weighted by Crippen LogP contribution is 2.31. The maximum Gasteiger partial charge on any atom is 0.146 e. The van der Waals surface area contributed by atoms with Gasteiger partial charge < -0.3 is 15.3 Å². The highest BCUT2D eigenvalue weighted by Gasteiger charge is 2.31.